The topological polar surface area (TPSA) is 77.7 Å². The van der Waals surface area contributed by atoms with Crippen LogP contribution in [0.25, 0.3) is 10.2 Å². The van der Waals surface area contributed by atoms with Gasteiger partial charge in [0, 0.05) is 12.6 Å². The van der Waals surface area contributed by atoms with E-state index in [4.69, 9.17) is 4.74 Å². The maximum absolute atomic E-state index is 12.4. The van der Waals surface area contributed by atoms with Crippen LogP contribution in [0.3, 0.4) is 0 Å². The first-order chi connectivity index (χ1) is 12.9. The zero-order valence-corrected chi connectivity index (χ0v) is 16.7. The smallest absolute Gasteiger partial charge is 0.263 e. The van der Waals surface area contributed by atoms with Gasteiger partial charge in [-0.3, -0.25) is 4.79 Å². The zero-order chi connectivity index (χ0) is 19.4. The molecule has 0 spiro atoms. The lowest BCUT2D eigenvalue weighted by atomic mass is 10.3. The summed E-state index contributed by atoms with van der Waals surface area (Å²) in [6.07, 6.45) is 0.854. The van der Waals surface area contributed by atoms with Gasteiger partial charge in [-0.2, -0.15) is 4.99 Å². The Labute approximate surface area is 161 Å². The number of hydrogen-bond donors (Lipinski definition) is 0. The van der Waals surface area contributed by atoms with Crippen molar-refractivity contribution in [3.63, 3.8) is 0 Å². The lowest BCUT2D eigenvalue weighted by Gasteiger charge is -2.04. The molecular weight excluding hydrogens is 384 g/mol. The third-order valence-corrected chi connectivity index (χ3v) is 6.65. The summed E-state index contributed by atoms with van der Waals surface area (Å²) >= 11 is 1.36. The van der Waals surface area contributed by atoms with Crippen LogP contribution in [0.5, 0.6) is 5.75 Å². The number of rotatable bonds is 6. The summed E-state index contributed by atoms with van der Waals surface area (Å²) in [6, 6.07) is 13.6. The van der Waals surface area contributed by atoms with E-state index in [0.29, 0.717) is 11.3 Å². The predicted octanol–water partition coefficient (Wildman–Crippen LogP) is 3.02. The van der Waals surface area contributed by atoms with E-state index in [0.717, 1.165) is 22.4 Å². The van der Waals surface area contributed by atoms with Crippen molar-refractivity contribution in [2.24, 2.45) is 4.99 Å². The molecule has 1 heterocycles. The second-order valence-corrected chi connectivity index (χ2v) is 8.95. The molecule has 0 saturated carbocycles. The van der Waals surface area contributed by atoms with Gasteiger partial charge in [0.1, 0.15) is 11.5 Å². The van der Waals surface area contributed by atoms with E-state index in [2.05, 4.69) is 4.99 Å². The predicted molar refractivity (Wildman–Crippen MR) is 106 cm³/mol. The van der Waals surface area contributed by atoms with Gasteiger partial charge in [0.15, 0.2) is 14.6 Å². The number of carbonyl (C=O) groups excluding carboxylic acids is 1. The van der Waals surface area contributed by atoms with Crippen LogP contribution in [0.4, 0.5) is 0 Å². The molecule has 1 aromatic heterocycles. The molecule has 0 fully saturated rings. The number of carbonyl (C=O) groups is 1. The van der Waals surface area contributed by atoms with Crippen molar-refractivity contribution >= 4 is 37.3 Å². The molecule has 2 aromatic carbocycles. The number of hydrogen-bond acceptors (Lipinski definition) is 5. The third-order valence-electron chi connectivity index (χ3n) is 3.97. The van der Waals surface area contributed by atoms with Gasteiger partial charge in [0.25, 0.3) is 5.91 Å². The van der Waals surface area contributed by atoms with Crippen molar-refractivity contribution in [2.45, 2.75) is 24.8 Å². The van der Waals surface area contributed by atoms with Crippen LogP contribution in [0.2, 0.25) is 0 Å². The Morgan fingerprint density at radius 3 is 2.59 bits per heavy atom. The molecule has 0 saturated heterocycles. The van der Waals surface area contributed by atoms with Crippen LogP contribution in [-0.2, 0) is 21.2 Å². The summed E-state index contributed by atoms with van der Waals surface area (Å²) in [5, 5.41) is 0. The second kappa shape index (κ2) is 8.06. The van der Waals surface area contributed by atoms with Crippen molar-refractivity contribution in [1.82, 2.24) is 4.57 Å². The van der Waals surface area contributed by atoms with Gasteiger partial charge >= 0.3 is 0 Å². The number of amides is 1. The van der Waals surface area contributed by atoms with Gasteiger partial charge in [0.05, 0.1) is 22.2 Å². The lowest BCUT2D eigenvalue weighted by Crippen LogP contribution is -2.21. The molecule has 0 aliphatic rings. The Bertz CT molecular complexity index is 1130. The van der Waals surface area contributed by atoms with E-state index in [1.165, 1.54) is 23.5 Å². The van der Waals surface area contributed by atoms with Crippen molar-refractivity contribution in [3.8, 4) is 5.75 Å². The highest BCUT2D eigenvalue weighted by Gasteiger charge is 2.19. The highest BCUT2D eigenvalue weighted by Crippen LogP contribution is 2.23. The average molecular weight is 405 g/mol. The van der Waals surface area contributed by atoms with Gasteiger partial charge in [-0.05, 0) is 30.7 Å². The molecule has 0 bridgehead atoms. The SMILES string of the molecule is CCCn1c(=NC(=O)CS(=O)(=O)c2ccccc2)sc2ccc(OC)cc21. The number of fused-ring (bicyclic) bond motifs is 1. The van der Waals surface area contributed by atoms with Crippen LogP contribution >= 0.6 is 11.3 Å². The normalized spacial score (nSPS) is 12.4. The van der Waals surface area contributed by atoms with Crippen molar-refractivity contribution in [3.05, 3.63) is 53.3 Å². The molecule has 3 aromatic rings. The standard InChI is InChI=1S/C19H20N2O4S2/c1-3-11-21-16-12-14(25-2)9-10-17(16)26-19(21)20-18(22)13-27(23,24)15-7-5-4-6-8-15/h4-10,12H,3,11,13H2,1-2H3. The minimum absolute atomic E-state index is 0.121. The van der Waals surface area contributed by atoms with Crippen LogP contribution in [0, 0.1) is 0 Å². The molecule has 0 atom stereocenters. The molecule has 142 valence electrons. The first-order valence-corrected chi connectivity index (χ1v) is 10.9. The number of nitrogens with zero attached hydrogens (tertiary/aromatic N) is 2. The van der Waals surface area contributed by atoms with Gasteiger partial charge in [-0.1, -0.05) is 36.5 Å². The molecule has 0 N–H and O–H groups in total. The molecule has 0 radical (unpaired) electrons. The van der Waals surface area contributed by atoms with Crippen molar-refractivity contribution in [2.75, 3.05) is 12.9 Å². The first-order valence-electron chi connectivity index (χ1n) is 8.47. The highest BCUT2D eigenvalue weighted by atomic mass is 32.2. The number of aromatic nitrogens is 1. The van der Waals surface area contributed by atoms with E-state index >= 15 is 0 Å². The van der Waals surface area contributed by atoms with Crippen LogP contribution in [0.15, 0.2) is 58.4 Å². The van der Waals surface area contributed by atoms with Crippen LogP contribution in [-0.4, -0.2) is 31.8 Å². The number of aryl methyl sites for hydroxylation is 1. The zero-order valence-electron chi connectivity index (χ0n) is 15.1. The fourth-order valence-electron chi connectivity index (χ4n) is 2.71. The minimum atomic E-state index is -3.71. The largest absolute Gasteiger partial charge is 0.497 e. The number of benzene rings is 2. The van der Waals surface area contributed by atoms with Gasteiger partial charge < -0.3 is 9.30 Å². The number of sulfone groups is 1. The minimum Gasteiger partial charge on any atom is -0.497 e. The molecule has 0 aliphatic carbocycles. The first kappa shape index (κ1) is 19.3. The molecule has 0 aliphatic heterocycles. The van der Waals surface area contributed by atoms with E-state index in [1.54, 1.807) is 25.3 Å². The summed E-state index contributed by atoms with van der Waals surface area (Å²) in [6.45, 7) is 2.70. The van der Waals surface area contributed by atoms with Gasteiger partial charge in [-0.25, -0.2) is 8.42 Å². The highest BCUT2D eigenvalue weighted by molar-refractivity contribution is 7.92. The third kappa shape index (κ3) is 4.28. The van der Waals surface area contributed by atoms with E-state index in [-0.39, 0.29) is 4.90 Å². The maximum atomic E-state index is 12.4. The molecular formula is C19H20N2O4S2. The van der Waals surface area contributed by atoms with Crippen molar-refractivity contribution in [1.29, 1.82) is 0 Å². The summed E-state index contributed by atoms with van der Waals surface area (Å²) in [7, 11) is -2.12. The average Bonchev–Trinajstić information content (AvgIpc) is 2.98. The molecule has 27 heavy (non-hydrogen) atoms. The van der Waals surface area contributed by atoms with E-state index < -0.39 is 21.5 Å². The monoisotopic (exact) mass is 404 g/mol. The van der Waals surface area contributed by atoms with Crippen LogP contribution < -0.4 is 9.54 Å². The molecule has 0 unspecified atom stereocenters. The molecule has 1 amide bonds. The summed E-state index contributed by atoms with van der Waals surface area (Å²) in [5.41, 5.74) is 0.915. The Kier molecular flexibility index (Phi) is 5.76. The fraction of sp³-hybridized carbons (Fsp3) is 0.263. The summed E-state index contributed by atoms with van der Waals surface area (Å²) in [5.74, 6) is -0.613. The van der Waals surface area contributed by atoms with Gasteiger partial charge in [-0.15, -0.1) is 0 Å². The summed E-state index contributed by atoms with van der Waals surface area (Å²) < 4.78 is 33.0. The van der Waals surface area contributed by atoms with Crippen molar-refractivity contribution < 1.29 is 17.9 Å². The van der Waals surface area contributed by atoms with Crippen LogP contribution in [0.1, 0.15) is 13.3 Å². The van der Waals surface area contributed by atoms with E-state index in [9.17, 15) is 13.2 Å². The molecule has 8 heteroatoms. The molecule has 3 rings (SSSR count). The fourth-order valence-corrected chi connectivity index (χ4v) is 4.90. The summed E-state index contributed by atoms with van der Waals surface area (Å²) in [4.78, 5) is 17.1. The second-order valence-electron chi connectivity index (χ2n) is 5.95. The lowest BCUT2D eigenvalue weighted by molar-refractivity contribution is -0.115. The maximum Gasteiger partial charge on any atom is 0.263 e. The Balaban J connectivity index is 1.99. The number of methoxy groups -OCH3 is 1. The Hall–Kier alpha value is -2.45. The number of ether oxygens (including phenoxy) is 1. The molecule has 6 nitrogen and oxygen atoms in total. The Morgan fingerprint density at radius 1 is 1.19 bits per heavy atom. The quantitative estimate of drug-likeness (QED) is 0.633. The Morgan fingerprint density at radius 2 is 1.93 bits per heavy atom. The van der Waals surface area contributed by atoms with Gasteiger partial charge in [0.2, 0.25) is 0 Å². The van der Waals surface area contributed by atoms with E-state index in [1.807, 2.05) is 29.7 Å². The number of thiazole rings is 1.